The Kier molecular flexibility index (Phi) is 4.11. The molecular weight excluding hydrogens is 429 g/mol. The van der Waals surface area contributed by atoms with Crippen molar-refractivity contribution in [2.24, 2.45) is 11.0 Å². The monoisotopic (exact) mass is 441 g/mol. The molecule has 3 rings (SSSR count). The van der Waals surface area contributed by atoms with E-state index in [1.807, 2.05) is 0 Å². The summed E-state index contributed by atoms with van der Waals surface area (Å²) in [7, 11) is 1.15. The van der Waals surface area contributed by atoms with Crippen LogP contribution in [-0.4, -0.2) is 47.6 Å². The number of carbonyl (C=O) groups is 4. The third-order valence-corrected chi connectivity index (χ3v) is 4.57. The Morgan fingerprint density at radius 3 is 2.33 bits per heavy atom. The number of fused-ring (bicyclic) bond motifs is 1. The van der Waals surface area contributed by atoms with Gasteiger partial charge in [-0.3, -0.25) is 14.4 Å². The Balaban J connectivity index is 2.05. The van der Waals surface area contributed by atoms with Crippen LogP contribution in [-0.2, 0) is 23.9 Å². The first-order valence-electron chi connectivity index (χ1n) is 6.96. The highest BCUT2D eigenvalue weighted by atomic mass is 127. The van der Waals surface area contributed by atoms with E-state index in [0.29, 0.717) is 5.69 Å². The van der Waals surface area contributed by atoms with Gasteiger partial charge in [-0.1, -0.05) is 0 Å². The number of esters is 1. The Hall–Kier alpha value is -2.30. The summed E-state index contributed by atoms with van der Waals surface area (Å²) in [5, 5.41) is 4.72. The van der Waals surface area contributed by atoms with E-state index in [2.05, 4.69) is 32.4 Å². The summed E-state index contributed by atoms with van der Waals surface area (Å²) in [5.74, 6) is -3.70. The van der Waals surface area contributed by atoms with Gasteiger partial charge in [-0.15, -0.1) is 0 Å². The van der Waals surface area contributed by atoms with Gasteiger partial charge in [-0.2, -0.15) is 5.10 Å². The number of hydrogen-bond donors (Lipinski definition) is 0. The van der Waals surface area contributed by atoms with E-state index in [0.717, 1.165) is 20.6 Å². The first-order chi connectivity index (χ1) is 11.4. The molecule has 2 aliphatic heterocycles. The Labute approximate surface area is 150 Å². The number of hydrazone groups is 1. The van der Waals surface area contributed by atoms with Gasteiger partial charge in [0.25, 0.3) is 5.91 Å². The summed E-state index contributed by atoms with van der Waals surface area (Å²) < 4.78 is 5.56. The van der Waals surface area contributed by atoms with Gasteiger partial charge in [-0.05, 0) is 46.9 Å². The van der Waals surface area contributed by atoms with Gasteiger partial charge < -0.3 is 4.74 Å². The molecule has 0 unspecified atom stereocenters. The first-order valence-corrected chi connectivity index (χ1v) is 8.04. The van der Waals surface area contributed by atoms with Crippen molar-refractivity contribution < 1.29 is 23.9 Å². The summed E-state index contributed by atoms with van der Waals surface area (Å²) in [6, 6.07) is 5.62. The zero-order chi connectivity index (χ0) is 17.6. The Bertz CT molecular complexity index is 789. The van der Waals surface area contributed by atoms with Gasteiger partial charge in [0.15, 0.2) is 11.8 Å². The molecule has 2 aliphatic rings. The van der Waals surface area contributed by atoms with Crippen molar-refractivity contribution in [1.29, 1.82) is 0 Å². The minimum atomic E-state index is -1.15. The van der Waals surface area contributed by atoms with Gasteiger partial charge in [0.05, 0.1) is 12.8 Å². The molecule has 0 saturated carbocycles. The number of amides is 3. The van der Waals surface area contributed by atoms with Gasteiger partial charge in [0.2, 0.25) is 11.8 Å². The second-order valence-corrected chi connectivity index (χ2v) is 6.50. The fourth-order valence-corrected chi connectivity index (χ4v) is 3.15. The maximum absolute atomic E-state index is 12.8. The van der Waals surface area contributed by atoms with Crippen molar-refractivity contribution >= 4 is 57.7 Å². The quantitative estimate of drug-likeness (QED) is 0.379. The molecule has 8 nitrogen and oxygen atoms in total. The predicted octanol–water partition coefficient (Wildman–Crippen LogP) is 0.540. The molecule has 0 aromatic heterocycles. The number of benzene rings is 1. The molecule has 1 saturated heterocycles. The maximum Gasteiger partial charge on any atom is 0.355 e. The van der Waals surface area contributed by atoms with Gasteiger partial charge in [0.1, 0.15) is 5.92 Å². The summed E-state index contributed by atoms with van der Waals surface area (Å²) in [6.45, 7) is 1.21. The predicted molar refractivity (Wildman–Crippen MR) is 90.9 cm³/mol. The SMILES string of the molecule is COC(=O)C1=NN(C(C)=O)[C@H]2C(=O)N(c3ccc(I)cc3)C(=O)[C@H]12. The standard InChI is InChI=1S/C15H12IN3O5/c1-7(20)19-12-10(11(17-19)15(23)24-2)13(21)18(14(12)22)9-5-3-8(16)4-6-9/h3-6,10,12H,1-2H3/t10-,12-/m1/s1. The molecule has 1 fully saturated rings. The van der Waals surface area contributed by atoms with Gasteiger partial charge in [0, 0.05) is 10.5 Å². The number of anilines is 1. The minimum absolute atomic E-state index is 0.232. The fourth-order valence-electron chi connectivity index (χ4n) is 2.79. The second-order valence-electron chi connectivity index (χ2n) is 5.25. The maximum atomic E-state index is 12.8. The minimum Gasteiger partial charge on any atom is -0.464 e. The lowest BCUT2D eigenvalue weighted by Gasteiger charge is -2.19. The van der Waals surface area contributed by atoms with Gasteiger partial charge in [-0.25, -0.2) is 14.7 Å². The number of imide groups is 1. The topological polar surface area (TPSA) is 96.3 Å². The molecule has 1 aromatic carbocycles. The number of hydrogen-bond acceptors (Lipinski definition) is 6. The van der Waals surface area contributed by atoms with E-state index in [4.69, 9.17) is 0 Å². The summed E-state index contributed by atoms with van der Waals surface area (Å²) >= 11 is 2.10. The van der Waals surface area contributed by atoms with E-state index >= 15 is 0 Å². The van der Waals surface area contributed by atoms with Crippen molar-refractivity contribution in [3.8, 4) is 0 Å². The third kappa shape index (κ3) is 2.39. The molecule has 124 valence electrons. The van der Waals surface area contributed by atoms with E-state index in [1.165, 1.54) is 6.92 Å². The second kappa shape index (κ2) is 5.96. The lowest BCUT2D eigenvalue weighted by Crippen LogP contribution is -2.41. The number of ether oxygens (including phenoxy) is 1. The van der Waals surface area contributed by atoms with E-state index < -0.39 is 35.7 Å². The van der Waals surface area contributed by atoms with Gasteiger partial charge >= 0.3 is 5.97 Å². The van der Waals surface area contributed by atoms with Crippen LogP contribution >= 0.6 is 22.6 Å². The van der Waals surface area contributed by atoms with Crippen molar-refractivity contribution in [3.63, 3.8) is 0 Å². The molecule has 2 heterocycles. The molecule has 0 N–H and O–H groups in total. The molecular formula is C15H12IN3O5. The zero-order valence-electron chi connectivity index (χ0n) is 12.7. The molecule has 0 aliphatic carbocycles. The number of carbonyl (C=O) groups excluding carboxylic acids is 4. The average Bonchev–Trinajstić information content (AvgIpc) is 3.06. The normalized spacial score (nSPS) is 22.5. The highest BCUT2D eigenvalue weighted by molar-refractivity contribution is 14.1. The molecule has 2 atom stereocenters. The number of halogens is 1. The lowest BCUT2D eigenvalue weighted by molar-refractivity contribution is -0.136. The number of nitrogens with zero attached hydrogens (tertiary/aromatic N) is 3. The van der Waals surface area contributed by atoms with Crippen LogP contribution in [0.25, 0.3) is 0 Å². The molecule has 3 amide bonds. The summed E-state index contributed by atoms with van der Waals surface area (Å²) in [5.41, 5.74) is 0.150. The van der Waals surface area contributed by atoms with Crippen LogP contribution in [0.4, 0.5) is 5.69 Å². The lowest BCUT2D eigenvalue weighted by atomic mass is 9.98. The van der Waals surface area contributed by atoms with Crippen LogP contribution in [0, 0.1) is 9.49 Å². The molecule has 0 spiro atoms. The Morgan fingerprint density at radius 2 is 1.79 bits per heavy atom. The summed E-state index contributed by atoms with van der Waals surface area (Å²) in [6.07, 6.45) is 0. The highest BCUT2D eigenvalue weighted by Gasteiger charge is 2.59. The van der Waals surface area contributed by atoms with Crippen LogP contribution < -0.4 is 4.90 Å². The van der Waals surface area contributed by atoms with Crippen molar-refractivity contribution in [1.82, 2.24) is 5.01 Å². The van der Waals surface area contributed by atoms with Crippen LogP contribution in [0.3, 0.4) is 0 Å². The average molecular weight is 441 g/mol. The zero-order valence-corrected chi connectivity index (χ0v) is 14.9. The van der Waals surface area contributed by atoms with E-state index in [1.54, 1.807) is 24.3 Å². The molecule has 9 heteroatoms. The van der Waals surface area contributed by atoms with Crippen molar-refractivity contribution in [3.05, 3.63) is 27.8 Å². The smallest absolute Gasteiger partial charge is 0.355 e. The highest BCUT2D eigenvalue weighted by Crippen LogP contribution is 2.35. The fraction of sp³-hybridized carbons (Fsp3) is 0.267. The van der Waals surface area contributed by atoms with E-state index in [9.17, 15) is 19.2 Å². The first kappa shape index (κ1) is 16.6. The number of rotatable bonds is 2. The summed E-state index contributed by atoms with van der Waals surface area (Å²) in [4.78, 5) is 50.1. The van der Waals surface area contributed by atoms with Crippen LogP contribution in [0.1, 0.15) is 6.92 Å². The van der Waals surface area contributed by atoms with E-state index in [-0.39, 0.29) is 5.71 Å². The van der Waals surface area contributed by atoms with Crippen molar-refractivity contribution in [2.75, 3.05) is 12.0 Å². The number of methoxy groups -OCH3 is 1. The molecule has 0 bridgehead atoms. The van der Waals surface area contributed by atoms with Crippen molar-refractivity contribution in [2.45, 2.75) is 13.0 Å². The van der Waals surface area contributed by atoms with Crippen LogP contribution in [0.15, 0.2) is 29.4 Å². The molecule has 1 aromatic rings. The largest absolute Gasteiger partial charge is 0.464 e. The van der Waals surface area contributed by atoms with Crippen LogP contribution in [0.5, 0.6) is 0 Å². The third-order valence-electron chi connectivity index (χ3n) is 3.85. The molecule has 24 heavy (non-hydrogen) atoms. The van der Waals surface area contributed by atoms with Crippen LogP contribution in [0.2, 0.25) is 0 Å². The Morgan fingerprint density at radius 1 is 1.17 bits per heavy atom. The molecule has 0 radical (unpaired) electrons.